The van der Waals surface area contributed by atoms with Crippen molar-refractivity contribution in [1.29, 1.82) is 0 Å². The number of anilines is 1. The fourth-order valence-electron chi connectivity index (χ4n) is 4.82. The number of aromatic nitrogens is 1. The van der Waals surface area contributed by atoms with E-state index in [1.165, 1.54) is 11.3 Å². The summed E-state index contributed by atoms with van der Waals surface area (Å²) >= 11 is 1.26. The van der Waals surface area contributed by atoms with E-state index < -0.39 is 6.04 Å². The van der Waals surface area contributed by atoms with E-state index in [-0.39, 0.29) is 18.3 Å². The van der Waals surface area contributed by atoms with Crippen molar-refractivity contribution in [3.63, 3.8) is 0 Å². The standard InChI is InChI=1S/C30H25N3O6S/c1-17-26(28(34)32-19-7-5-4-6-8-19)27(21-11-10-20(36-2)15-23(21)37-3)33-29(35)25(40-30(33)31-17)14-18-9-12-22-24(13-18)39-16-38-22/h4-15,27H,16H2,1-3H3,(H,32,34)/b25-14-/t27-/m1/s1. The van der Waals surface area contributed by atoms with Crippen LogP contribution in [0.1, 0.15) is 24.1 Å². The molecule has 3 aromatic carbocycles. The number of ether oxygens (including phenoxy) is 4. The lowest BCUT2D eigenvalue weighted by Crippen LogP contribution is -2.40. The van der Waals surface area contributed by atoms with Crippen LogP contribution in [0.2, 0.25) is 0 Å². The number of benzene rings is 3. The molecule has 2 aliphatic heterocycles. The van der Waals surface area contributed by atoms with Gasteiger partial charge in [0, 0.05) is 17.3 Å². The zero-order valence-electron chi connectivity index (χ0n) is 22.0. The van der Waals surface area contributed by atoms with E-state index in [2.05, 4.69) is 5.32 Å². The number of allylic oxidation sites excluding steroid dienone is 1. The minimum absolute atomic E-state index is 0.164. The fraction of sp³-hybridized carbons (Fsp3) is 0.167. The van der Waals surface area contributed by atoms with Gasteiger partial charge in [0.25, 0.3) is 11.5 Å². The van der Waals surface area contributed by atoms with E-state index in [0.717, 1.165) is 5.56 Å². The van der Waals surface area contributed by atoms with Gasteiger partial charge in [0.2, 0.25) is 6.79 Å². The van der Waals surface area contributed by atoms with Crippen molar-refractivity contribution in [3.8, 4) is 23.0 Å². The summed E-state index contributed by atoms with van der Waals surface area (Å²) in [4.78, 5) is 33.0. The Morgan fingerprint density at radius 1 is 1.05 bits per heavy atom. The molecule has 9 nitrogen and oxygen atoms in total. The van der Waals surface area contributed by atoms with E-state index >= 15 is 0 Å². The van der Waals surface area contributed by atoms with E-state index in [1.54, 1.807) is 56.1 Å². The lowest BCUT2D eigenvalue weighted by Gasteiger charge is -2.26. The quantitative estimate of drug-likeness (QED) is 0.390. The zero-order valence-corrected chi connectivity index (χ0v) is 22.8. The molecule has 0 unspecified atom stereocenters. The third kappa shape index (κ3) is 4.52. The van der Waals surface area contributed by atoms with Crippen molar-refractivity contribution < 1.29 is 23.7 Å². The average Bonchev–Trinajstić information content (AvgIpc) is 3.56. The second-order valence-corrected chi connectivity index (χ2v) is 10.1. The van der Waals surface area contributed by atoms with E-state index in [0.29, 0.717) is 54.9 Å². The van der Waals surface area contributed by atoms with E-state index in [9.17, 15) is 9.59 Å². The first-order chi connectivity index (χ1) is 19.5. The summed E-state index contributed by atoms with van der Waals surface area (Å²) in [6.07, 6.45) is 1.79. The molecule has 0 spiro atoms. The van der Waals surface area contributed by atoms with Crippen molar-refractivity contribution in [3.05, 3.63) is 109 Å². The lowest BCUT2D eigenvalue weighted by atomic mass is 9.94. The Morgan fingerprint density at radius 2 is 1.85 bits per heavy atom. The molecule has 10 heteroatoms. The van der Waals surface area contributed by atoms with Crippen LogP contribution < -0.4 is 39.2 Å². The predicted octanol–water partition coefficient (Wildman–Crippen LogP) is 3.62. The van der Waals surface area contributed by atoms with Crippen molar-refractivity contribution in [1.82, 2.24) is 4.57 Å². The van der Waals surface area contributed by atoms with Crippen molar-refractivity contribution in [2.75, 3.05) is 26.3 Å². The predicted molar refractivity (Wildman–Crippen MR) is 151 cm³/mol. The van der Waals surface area contributed by atoms with Gasteiger partial charge in [-0.2, -0.15) is 0 Å². The Labute approximate surface area is 233 Å². The summed E-state index contributed by atoms with van der Waals surface area (Å²) in [7, 11) is 3.11. The Kier molecular flexibility index (Phi) is 6.61. The summed E-state index contributed by atoms with van der Waals surface area (Å²) in [5.41, 5.74) is 2.62. The number of hydrogen-bond acceptors (Lipinski definition) is 8. The number of nitrogens with zero attached hydrogens (tertiary/aromatic N) is 2. The number of rotatable bonds is 6. The minimum atomic E-state index is -0.792. The van der Waals surface area contributed by atoms with Crippen LogP contribution in [0.3, 0.4) is 0 Å². The molecule has 202 valence electrons. The topological polar surface area (TPSA) is 100 Å². The second-order valence-electron chi connectivity index (χ2n) is 9.12. The Morgan fingerprint density at radius 3 is 2.62 bits per heavy atom. The summed E-state index contributed by atoms with van der Waals surface area (Å²) in [5, 5.41) is 2.95. The first kappa shape index (κ1) is 25.4. The van der Waals surface area contributed by atoms with Gasteiger partial charge >= 0.3 is 0 Å². The van der Waals surface area contributed by atoms with Gasteiger partial charge in [-0.05, 0) is 55.0 Å². The van der Waals surface area contributed by atoms with Gasteiger partial charge in [-0.1, -0.05) is 35.6 Å². The van der Waals surface area contributed by atoms with Crippen LogP contribution in [-0.2, 0) is 4.79 Å². The third-order valence-electron chi connectivity index (χ3n) is 6.73. The molecule has 0 saturated carbocycles. The molecule has 0 saturated heterocycles. The van der Waals surface area contributed by atoms with Crippen LogP contribution in [-0.4, -0.2) is 31.5 Å². The van der Waals surface area contributed by atoms with Crippen LogP contribution in [0.5, 0.6) is 23.0 Å². The fourth-order valence-corrected chi connectivity index (χ4v) is 5.87. The first-order valence-electron chi connectivity index (χ1n) is 12.5. The highest BCUT2D eigenvalue weighted by Crippen LogP contribution is 2.38. The molecule has 0 aliphatic carbocycles. The van der Waals surface area contributed by atoms with Crippen molar-refractivity contribution in [2.45, 2.75) is 13.0 Å². The molecule has 40 heavy (non-hydrogen) atoms. The zero-order chi connectivity index (χ0) is 27.8. The van der Waals surface area contributed by atoms with Crippen LogP contribution >= 0.6 is 11.3 Å². The number of methoxy groups -OCH3 is 2. The highest BCUT2D eigenvalue weighted by atomic mass is 32.1. The largest absolute Gasteiger partial charge is 0.497 e. The maximum Gasteiger partial charge on any atom is 0.271 e. The number of carbonyl (C=O) groups excluding carboxylic acids is 1. The second kappa shape index (κ2) is 10.4. The van der Waals surface area contributed by atoms with Gasteiger partial charge in [0.1, 0.15) is 17.5 Å². The van der Waals surface area contributed by atoms with Crippen molar-refractivity contribution in [2.24, 2.45) is 4.99 Å². The van der Waals surface area contributed by atoms with Gasteiger partial charge in [0.15, 0.2) is 16.3 Å². The maximum absolute atomic E-state index is 14.0. The SMILES string of the molecule is COc1ccc([C@@H]2C(C(=O)Nc3ccccc3)=C(C)N=c3s/c(=C\c4ccc5c(c4)OCO5)c(=O)n32)c(OC)c1. The van der Waals surface area contributed by atoms with E-state index in [1.807, 2.05) is 42.5 Å². The molecular weight excluding hydrogens is 530 g/mol. The normalized spacial score (nSPS) is 15.9. The average molecular weight is 556 g/mol. The van der Waals surface area contributed by atoms with Gasteiger partial charge in [-0.3, -0.25) is 14.2 Å². The number of nitrogens with one attached hydrogen (secondary N) is 1. The Bertz CT molecular complexity index is 1840. The first-order valence-corrected chi connectivity index (χ1v) is 13.3. The smallest absolute Gasteiger partial charge is 0.271 e. The summed E-state index contributed by atoms with van der Waals surface area (Å²) in [5.74, 6) is 1.99. The monoisotopic (exact) mass is 555 g/mol. The van der Waals surface area contributed by atoms with Crippen molar-refractivity contribution >= 4 is 29.0 Å². The number of fused-ring (bicyclic) bond motifs is 2. The van der Waals surface area contributed by atoms with Gasteiger partial charge in [-0.25, -0.2) is 4.99 Å². The van der Waals surface area contributed by atoms with Crippen LogP contribution in [0.4, 0.5) is 5.69 Å². The minimum Gasteiger partial charge on any atom is -0.497 e. The molecule has 0 radical (unpaired) electrons. The lowest BCUT2D eigenvalue weighted by molar-refractivity contribution is -0.113. The van der Waals surface area contributed by atoms with Gasteiger partial charge < -0.3 is 24.3 Å². The number of hydrogen-bond donors (Lipinski definition) is 1. The third-order valence-corrected chi connectivity index (χ3v) is 7.71. The summed E-state index contributed by atoms with van der Waals surface area (Å²) < 4.78 is 24.0. The Balaban J connectivity index is 1.53. The van der Waals surface area contributed by atoms with Crippen LogP contribution in [0, 0.1) is 0 Å². The number of para-hydroxylation sites is 1. The molecule has 0 bridgehead atoms. The Hall–Kier alpha value is -4.83. The van der Waals surface area contributed by atoms with Crippen LogP contribution in [0.25, 0.3) is 6.08 Å². The maximum atomic E-state index is 14.0. The molecule has 1 amide bonds. The molecular formula is C30H25N3O6S. The molecule has 1 aromatic heterocycles. The van der Waals surface area contributed by atoms with E-state index in [4.69, 9.17) is 23.9 Å². The number of carbonyl (C=O) groups is 1. The molecule has 2 aliphatic rings. The number of amides is 1. The molecule has 3 heterocycles. The molecule has 6 rings (SSSR count). The summed E-state index contributed by atoms with van der Waals surface area (Å²) in [6, 6.07) is 19.2. The number of thiazole rings is 1. The molecule has 1 atom stereocenters. The van der Waals surface area contributed by atoms with Crippen LogP contribution in [0.15, 0.2) is 87.8 Å². The van der Waals surface area contributed by atoms with Gasteiger partial charge in [0.05, 0.1) is 30.0 Å². The molecule has 4 aromatic rings. The van der Waals surface area contributed by atoms with Gasteiger partial charge in [-0.15, -0.1) is 0 Å². The molecule has 1 N–H and O–H groups in total. The highest BCUT2D eigenvalue weighted by Gasteiger charge is 2.34. The molecule has 0 fully saturated rings. The summed E-state index contributed by atoms with van der Waals surface area (Å²) in [6.45, 7) is 1.94. The highest BCUT2D eigenvalue weighted by molar-refractivity contribution is 7.07.